The van der Waals surface area contributed by atoms with Gasteiger partial charge in [-0.3, -0.25) is 4.79 Å². The summed E-state index contributed by atoms with van der Waals surface area (Å²) < 4.78 is 21.3. The normalized spacial score (nSPS) is 17.2. The Morgan fingerprint density at radius 3 is 2.64 bits per heavy atom. The monoisotopic (exact) mass is 499 g/mol. The fraction of sp³-hybridized carbons (Fsp3) is 0.643. The van der Waals surface area contributed by atoms with Gasteiger partial charge in [0.05, 0.1) is 17.9 Å². The molecular formula is C28H42FN5O2. The summed E-state index contributed by atoms with van der Waals surface area (Å²) in [7, 11) is 3.83. The van der Waals surface area contributed by atoms with Gasteiger partial charge in [-0.1, -0.05) is 31.7 Å². The summed E-state index contributed by atoms with van der Waals surface area (Å²) >= 11 is 0. The molecule has 0 radical (unpaired) electrons. The van der Waals surface area contributed by atoms with E-state index in [2.05, 4.69) is 16.8 Å². The summed E-state index contributed by atoms with van der Waals surface area (Å²) in [5.74, 6) is 1.59. The van der Waals surface area contributed by atoms with Gasteiger partial charge in [0.2, 0.25) is 5.91 Å². The van der Waals surface area contributed by atoms with Crippen LogP contribution in [0.25, 0.3) is 5.69 Å². The lowest BCUT2D eigenvalue weighted by Crippen LogP contribution is -2.45. The SMILES string of the molecule is COCCCN(Cc1c(C)nn(-c2cccc(F)c2)c1N1CCN(C)CC1)C(=O)CCC1CCCC1. The Morgan fingerprint density at radius 1 is 1.19 bits per heavy atom. The quantitative estimate of drug-likeness (QED) is 0.429. The molecule has 1 aromatic heterocycles. The first-order valence-electron chi connectivity index (χ1n) is 13.5. The number of rotatable bonds is 11. The predicted molar refractivity (Wildman–Crippen MR) is 141 cm³/mol. The molecule has 0 N–H and O–H groups in total. The third kappa shape index (κ3) is 6.65. The lowest BCUT2D eigenvalue weighted by atomic mass is 10.0. The van der Waals surface area contributed by atoms with Crippen LogP contribution in [0.4, 0.5) is 10.2 Å². The molecule has 7 nitrogen and oxygen atoms in total. The number of amides is 1. The molecule has 4 rings (SSSR count). The molecule has 2 aromatic rings. The molecular weight excluding hydrogens is 457 g/mol. The van der Waals surface area contributed by atoms with Crippen molar-refractivity contribution in [3.8, 4) is 5.69 Å². The Bertz CT molecular complexity index is 996. The number of aromatic nitrogens is 2. The van der Waals surface area contributed by atoms with Gasteiger partial charge in [0, 0.05) is 58.4 Å². The van der Waals surface area contributed by atoms with Crippen LogP contribution in [0, 0.1) is 18.7 Å². The van der Waals surface area contributed by atoms with Crippen molar-refractivity contribution < 1.29 is 13.9 Å². The number of carbonyl (C=O) groups is 1. The second-order valence-electron chi connectivity index (χ2n) is 10.4. The van der Waals surface area contributed by atoms with Crippen molar-refractivity contribution >= 4 is 11.7 Å². The van der Waals surface area contributed by atoms with Crippen LogP contribution >= 0.6 is 0 Å². The molecule has 1 saturated carbocycles. The van der Waals surface area contributed by atoms with Crippen LogP contribution in [0.2, 0.25) is 0 Å². The van der Waals surface area contributed by atoms with Gasteiger partial charge >= 0.3 is 0 Å². The third-order valence-corrected chi connectivity index (χ3v) is 7.73. The standard InChI is InChI=1S/C28H42FN5O2/c1-22-26(21-33(14-7-19-36-3)27(35)13-12-23-8-4-5-9-23)28(32-17-15-31(2)16-18-32)34(30-22)25-11-6-10-24(29)20-25/h6,10-11,20,23H,4-5,7-9,12-19,21H2,1-3H3. The predicted octanol–water partition coefficient (Wildman–Crippen LogP) is 4.41. The molecule has 36 heavy (non-hydrogen) atoms. The van der Waals surface area contributed by atoms with Gasteiger partial charge in [-0.05, 0) is 50.9 Å². The largest absolute Gasteiger partial charge is 0.385 e. The van der Waals surface area contributed by atoms with Crippen molar-refractivity contribution in [3.63, 3.8) is 0 Å². The van der Waals surface area contributed by atoms with E-state index in [0.717, 1.165) is 56.1 Å². The molecule has 1 aliphatic carbocycles. The minimum absolute atomic E-state index is 0.209. The number of anilines is 1. The Morgan fingerprint density at radius 2 is 1.94 bits per heavy atom. The number of piperazine rings is 1. The van der Waals surface area contributed by atoms with Gasteiger partial charge in [0.15, 0.2) is 0 Å². The summed E-state index contributed by atoms with van der Waals surface area (Å²) in [5, 5.41) is 4.87. The first kappa shape index (κ1) is 26.6. The number of hydrogen-bond donors (Lipinski definition) is 0. The molecule has 0 bridgehead atoms. The van der Waals surface area contributed by atoms with Crippen molar-refractivity contribution in [2.24, 2.45) is 5.92 Å². The number of carbonyl (C=O) groups excluding carboxylic acids is 1. The number of halogens is 1. The van der Waals surface area contributed by atoms with Gasteiger partial charge in [-0.25, -0.2) is 9.07 Å². The Hall–Kier alpha value is -2.45. The smallest absolute Gasteiger partial charge is 0.222 e. The average Bonchev–Trinajstić information content (AvgIpc) is 3.50. The van der Waals surface area contributed by atoms with E-state index < -0.39 is 0 Å². The van der Waals surface area contributed by atoms with E-state index in [-0.39, 0.29) is 11.7 Å². The van der Waals surface area contributed by atoms with Crippen LogP contribution in [0.15, 0.2) is 24.3 Å². The first-order valence-corrected chi connectivity index (χ1v) is 13.5. The van der Waals surface area contributed by atoms with Gasteiger partial charge < -0.3 is 19.4 Å². The zero-order valence-corrected chi connectivity index (χ0v) is 22.2. The van der Waals surface area contributed by atoms with Gasteiger partial charge in [-0.2, -0.15) is 5.10 Å². The maximum absolute atomic E-state index is 14.2. The number of methoxy groups -OCH3 is 1. The van der Waals surface area contributed by atoms with Crippen LogP contribution in [0.1, 0.15) is 56.2 Å². The molecule has 2 fully saturated rings. The minimum atomic E-state index is -0.283. The molecule has 0 atom stereocenters. The van der Waals surface area contributed by atoms with Crippen LogP contribution < -0.4 is 4.90 Å². The molecule has 1 saturated heterocycles. The van der Waals surface area contributed by atoms with E-state index in [0.29, 0.717) is 37.7 Å². The van der Waals surface area contributed by atoms with Crippen LogP contribution in [0.5, 0.6) is 0 Å². The number of ether oxygens (including phenoxy) is 1. The topological polar surface area (TPSA) is 53.8 Å². The highest BCUT2D eigenvalue weighted by Gasteiger charge is 2.27. The summed E-state index contributed by atoms with van der Waals surface area (Å²) in [6.07, 6.45) is 7.47. The lowest BCUT2D eigenvalue weighted by Gasteiger charge is -2.35. The minimum Gasteiger partial charge on any atom is -0.385 e. The highest BCUT2D eigenvalue weighted by Crippen LogP contribution is 2.31. The van der Waals surface area contributed by atoms with E-state index in [1.165, 1.54) is 37.8 Å². The Labute approximate surface area is 215 Å². The number of nitrogens with zero attached hydrogens (tertiary/aromatic N) is 5. The molecule has 1 aliphatic heterocycles. The molecule has 1 aromatic carbocycles. The molecule has 2 aliphatic rings. The van der Waals surface area contributed by atoms with Crippen LogP contribution in [-0.4, -0.2) is 79.0 Å². The van der Waals surface area contributed by atoms with Crippen molar-refractivity contribution in [1.29, 1.82) is 0 Å². The van der Waals surface area contributed by atoms with Gasteiger partial charge in [-0.15, -0.1) is 0 Å². The zero-order valence-electron chi connectivity index (χ0n) is 22.2. The zero-order chi connectivity index (χ0) is 25.5. The number of benzene rings is 1. The lowest BCUT2D eigenvalue weighted by molar-refractivity contribution is -0.132. The fourth-order valence-corrected chi connectivity index (χ4v) is 5.53. The Kier molecular flexibility index (Phi) is 9.37. The summed E-state index contributed by atoms with van der Waals surface area (Å²) in [4.78, 5) is 20.1. The molecule has 2 heterocycles. The van der Waals surface area contributed by atoms with E-state index in [4.69, 9.17) is 9.84 Å². The van der Waals surface area contributed by atoms with Crippen molar-refractivity contribution in [1.82, 2.24) is 19.6 Å². The van der Waals surface area contributed by atoms with Crippen molar-refractivity contribution in [2.45, 2.75) is 58.4 Å². The summed E-state index contributed by atoms with van der Waals surface area (Å²) in [5.41, 5.74) is 2.64. The molecule has 8 heteroatoms. The first-order chi connectivity index (χ1) is 17.5. The van der Waals surface area contributed by atoms with E-state index >= 15 is 0 Å². The molecule has 198 valence electrons. The highest BCUT2D eigenvalue weighted by molar-refractivity contribution is 5.76. The molecule has 0 spiro atoms. The highest BCUT2D eigenvalue weighted by atomic mass is 19.1. The number of hydrogen-bond acceptors (Lipinski definition) is 5. The maximum Gasteiger partial charge on any atom is 0.222 e. The molecule has 1 amide bonds. The van der Waals surface area contributed by atoms with Crippen molar-refractivity contribution in [3.05, 3.63) is 41.3 Å². The van der Waals surface area contributed by atoms with Gasteiger partial charge in [0.1, 0.15) is 11.6 Å². The summed E-state index contributed by atoms with van der Waals surface area (Å²) in [6.45, 7) is 7.42. The van der Waals surface area contributed by atoms with E-state index in [1.807, 2.05) is 22.6 Å². The average molecular weight is 500 g/mol. The third-order valence-electron chi connectivity index (χ3n) is 7.73. The number of likely N-dealkylation sites (N-methyl/N-ethyl adjacent to an activating group) is 1. The number of aryl methyl sites for hydroxylation is 1. The fourth-order valence-electron chi connectivity index (χ4n) is 5.53. The van der Waals surface area contributed by atoms with Crippen LogP contribution in [-0.2, 0) is 16.1 Å². The van der Waals surface area contributed by atoms with Crippen LogP contribution in [0.3, 0.4) is 0 Å². The van der Waals surface area contributed by atoms with E-state index in [9.17, 15) is 9.18 Å². The second kappa shape index (κ2) is 12.7. The van der Waals surface area contributed by atoms with Gasteiger partial charge in [0.25, 0.3) is 0 Å². The maximum atomic E-state index is 14.2. The van der Waals surface area contributed by atoms with E-state index in [1.54, 1.807) is 13.2 Å². The van der Waals surface area contributed by atoms with Crippen molar-refractivity contribution in [2.75, 3.05) is 58.4 Å². The molecule has 0 unspecified atom stereocenters. The summed E-state index contributed by atoms with van der Waals surface area (Å²) in [6, 6.07) is 6.59. The Balaban J connectivity index is 1.62. The second-order valence-corrected chi connectivity index (χ2v) is 10.4.